The Hall–Kier alpha value is -0.820. The zero-order valence-corrected chi connectivity index (χ0v) is 9.41. The summed E-state index contributed by atoms with van der Waals surface area (Å²) in [5, 5.41) is 0.868. The Bertz CT molecular complexity index is 340. The molecular weight excluding hydrogens is 208 g/mol. The van der Waals surface area contributed by atoms with Gasteiger partial charge in [-0.2, -0.15) is 0 Å². The van der Waals surface area contributed by atoms with Crippen molar-refractivity contribution in [2.75, 3.05) is 0 Å². The Labute approximate surface area is 95.4 Å². The molecule has 2 rings (SSSR count). The lowest BCUT2D eigenvalue weighted by atomic mass is 9.79. The molecule has 0 bridgehead atoms. The van der Waals surface area contributed by atoms with E-state index < -0.39 is 0 Å². The van der Waals surface area contributed by atoms with Crippen molar-refractivity contribution in [3.8, 4) is 0 Å². The first-order chi connectivity index (χ1) is 7.31. The molecule has 0 unspecified atom stereocenters. The number of benzene rings is 1. The Morgan fingerprint density at radius 2 is 1.80 bits per heavy atom. The van der Waals surface area contributed by atoms with Gasteiger partial charge in [-0.3, -0.25) is 0 Å². The summed E-state index contributed by atoms with van der Waals surface area (Å²) in [6.07, 6.45) is 5.31. The van der Waals surface area contributed by atoms with Crippen molar-refractivity contribution in [2.24, 2.45) is 5.92 Å². The van der Waals surface area contributed by atoms with Crippen molar-refractivity contribution in [3.63, 3.8) is 0 Å². The monoisotopic (exact) mass is 222 g/mol. The van der Waals surface area contributed by atoms with E-state index in [9.17, 15) is 4.79 Å². The van der Waals surface area contributed by atoms with Crippen LogP contribution in [0.25, 0.3) is 0 Å². The van der Waals surface area contributed by atoms with Crippen LogP contribution in [0.1, 0.15) is 37.2 Å². The van der Waals surface area contributed by atoms with Gasteiger partial charge in [-0.15, -0.1) is 0 Å². The van der Waals surface area contributed by atoms with E-state index in [4.69, 9.17) is 11.6 Å². The molecule has 1 saturated carbocycles. The summed E-state index contributed by atoms with van der Waals surface area (Å²) < 4.78 is 0. The summed E-state index contributed by atoms with van der Waals surface area (Å²) >= 11 is 6.16. The average Bonchev–Trinajstić information content (AvgIpc) is 2.30. The van der Waals surface area contributed by atoms with Gasteiger partial charge in [-0.25, -0.2) is 0 Å². The van der Waals surface area contributed by atoms with E-state index in [0.717, 1.165) is 37.0 Å². The van der Waals surface area contributed by atoms with E-state index >= 15 is 0 Å². The second-order valence-corrected chi connectivity index (χ2v) is 4.68. The van der Waals surface area contributed by atoms with Gasteiger partial charge in [0.25, 0.3) is 0 Å². The van der Waals surface area contributed by atoms with E-state index in [-0.39, 0.29) is 5.92 Å². The topological polar surface area (TPSA) is 17.1 Å². The first-order valence-corrected chi connectivity index (χ1v) is 5.89. The third-order valence-corrected chi connectivity index (χ3v) is 3.65. The van der Waals surface area contributed by atoms with Gasteiger partial charge >= 0.3 is 0 Å². The maximum atomic E-state index is 10.6. The highest BCUT2D eigenvalue weighted by atomic mass is 35.5. The summed E-state index contributed by atoms with van der Waals surface area (Å²) in [4.78, 5) is 10.6. The quantitative estimate of drug-likeness (QED) is 0.696. The summed E-state index contributed by atoms with van der Waals surface area (Å²) in [5.74, 6) is 0.832. The second-order valence-electron chi connectivity index (χ2n) is 4.27. The van der Waals surface area contributed by atoms with Crippen LogP contribution in [-0.4, -0.2) is 6.29 Å². The molecule has 1 fully saturated rings. The Kier molecular flexibility index (Phi) is 3.42. The molecule has 2 heteroatoms. The third-order valence-electron chi connectivity index (χ3n) is 3.31. The molecule has 1 aromatic rings. The zero-order valence-electron chi connectivity index (χ0n) is 8.66. The van der Waals surface area contributed by atoms with E-state index in [2.05, 4.69) is 6.07 Å². The molecule has 15 heavy (non-hydrogen) atoms. The fraction of sp³-hybridized carbons (Fsp3) is 0.462. The van der Waals surface area contributed by atoms with Gasteiger partial charge in [0.15, 0.2) is 0 Å². The van der Waals surface area contributed by atoms with Gasteiger partial charge in [0.05, 0.1) is 0 Å². The molecule has 0 radical (unpaired) electrons. The molecule has 1 nitrogen and oxygen atoms in total. The maximum absolute atomic E-state index is 10.6. The molecule has 1 aliphatic carbocycles. The summed E-state index contributed by atoms with van der Waals surface area (Å²) in [6, 6.07) is 8.05. The largest absolute Gasteiger partial charge is 0.303 e. The van der Waals surface area contributed by atoms with E-state index in [1.165, 1.54) is 5.56 Å². The van der Waals surface area contributed by atoms with Gasteiger partial charge in [0.2, 0.25) is 0 Å². The lowest BCUT2D eigenvalue weighted by Crippen LogP contribution is -2.14. The summed E-state index contributed by atoms with van der Waals surface area (Å²) in [7, 11) is 0. The zero-order chi connectivity index (χ0) is 10.7. The number of hydrogen-bond donors (Lipinski definition) is 0. The normalized spacial score (nSPS) is 26.2. The number of carbonyl (C=O) groups is 1. The highest BCUT2D eigenvalue weighted by Gasteiger charge is 2.22. The highest BCUT2D eigenvalue weighted by molar-refractivity contribution is 6.31. The van der Waals surface area contributed by atoms with Crippen LogP contribution >= 0.6 is 11.6 Å². The van der Waals surface area contributed by atoms with Gasteiger partial charge in [-0.1, -0.05) is 29.8 Å². The van der Waals surface area contributed by atoms with Crippen LogP contribution in [0.15, 0.2) is 24.3 Å². The predicted octanol–water partition coefficient (Wildman–Crippen LogP) is 3.81. The van der Waals surface area contributed by atoms with Gasteiger partial charge in [-0.05, 0) is 43.2 Å². The molecule has 0 amide bonds. The van der Waals surface area contributed by atoms with Crippen LogP contribution in [0.5, 0.6) is 0 Å². The Morgan fingerprint density at radius 3 is 2.40 bits per heavy atom. The van der Waals surface area contributed by atoms with Crippen molar-refractivity contribution in [2.45, 2.75) is 31.6 Å². The van der Waals surface area contributed by atoms with Crippen LogP contribution in [0.2, 0.25) is 5.02 Å². The maximum Gasteiger partial charge on any atom is 0.123 e. The minimum Gasteiger partial charge on any atom is -0.303 e. The van der Waals surface area contributed by atoms with Gasteiger partial charge < -0.3 is 4.79 Å². The van der Waals surface area contributed by atoms with E-state index in [1.54, 1.807) is 0 Å². The molecule has 0 atom stereocenters. The first kappa shape index (κ1) is 10.7. The van der Waals surface area contributed by atoms with Crippen LogP contribution in [0, 0.1) is 5.92 Å². The predicted molar refractivity (Wildman–Crippen MR) is 62.2 cm³/mol. The lowest BCUT2D eigenvalue weighted by Gasteiger charge is -2.26. The van der Waals surface area contributed by atoms with Crippen LogP contribution < -0.4 is 0 Å². The number of carbonyl (C=O) groups excluding carboxylic acids is 1. The molecule has 0 aromatic heterocycles. The number of rotatable bonds is 2. The number of aldehydes is 1. The Balaban J connectivity index is 2.07. The second kappa shape index (κ2) is 4.80. The average molecular weight is 223 g/mol. The molecule has 80 valence electrons. The fourth-order valence-electron chi connectivity index (χ4n) is 2.37. The third kappa shape index (κ3) is 2.40. The highest BCUT2D eigenvalue weighted by Crippen LogP contribution is 2.37. The molecule has 1 aromatic carbocycles. The SMILES string of the molecule is O=CC1CCC(c2ccccc2Cl)CC1. The molecular formula is C13H15ClO. The van der Waals surface area contributed by atoms with Crippen LogP contribution in [0.3, 0.4) is 0 Å². The number of halogens is 1. The van der Waals surface area contributed by atoms with E-state index in [1.807, 2.05) is 18.2 Å². The molecule has 0 heterocycles. The Morgan fingerprint density at radius 1 is 1.13 bits per heavy atom. The number of hydrogen-bond acceptors (Lipinski definition) is 1. The van der Waals surface area contributed by atoms with Crippen molar-refractivity contribution >= 4 is 17.9 Å². The first-order valence-electron chi connectivity index (χ1n) is 5.51. The molecule has 0 aliphatic heterocycles. The molecule has 0 saturated heterocycles. The van der Waals surface area contributed by atoms with Crippen molar-refractivity contribution in [1.29, 1.82) is 0 Å². The molecule has 1 aliphatic rings. The smallest absolute Gasteiger partial charge is 0.123 e. The van der Waals surface area contributed by atoms with Gasteiger partial charge in [0, 0.05) is 10.9 Å². The minimum absolute atomic E-state index is 0.281. The van der Waals surface area contributed by atoms with Gasteiger partial charge in [0.1, 0.15) is 6.29 Å². The van der Waals surface area contributed by atoms with Crippen LogP contribution in [0.4, 0.5) is 0 Å². The van der Waals surface area contributed by atoms with Crippen molar-refractivity contribution < 1.29 is 4.79 Å². The molecule has 0 spiro atoms. The lowest BCUT2D eigenvalue weighted by molar-refractivity contribution is -0.111. The van der Waals surface area contributed by atoms with Crippen molar-refractivity contribution in [1.82, 2.24) is 0 Å². The molecule has 0 N–H and O–H groups in total. The standard InChI is InChI=1S/C13H15ClO/c14-13-4-2-1-3-12(13)11-7-5-10(9-15)6-8-11/h1-4,9-11H,5-8H2. The minimum atomic E-state index is 0.281. The summed E-state index contributed by atoms with van der Waals surface area (Å²) in [5.41, 5.74) is 1.25. The fourth-order valence-corrected chi connectivity index (χ4v) is 2.66. The summed E-state index contributed by atoms with van der Waals surface area (Å²) in [6.45, 7) is 0. The van der Waals surface area contributed by atoms with Crippen LogP contribution in [-0.2, 0) is 4.79 Å². The van der Waals surface area contributed by atoms with Crippen molar-refractivity contribution in [3.05, 3.63) is 34.9 Å². The van der Waals surface area contributed by atoms with E-state index in [0.29, 0.717) is 5.92 Å².